The molecule has 0 amide bonds. The summed E-state index contributed by atoms with van der Waals surface area (Å²) in [5, 5.41) is 9.43. The zero-order valence-corrected chi connectivity index (χ0v) is 17.6. The van der Waals surface area contributed by atoms with E-state index in [-0.39, 0.29) is 12.6 Å². The van der Waals surface area contributed by atoms with E-state index >= 15 is 0 Å². The summed E-state index contributed by atoms with van der Waals surface area (Å²) in [7, 11) is 0. The highest BCUT2D eigenvalue weighted by Crippen LogP contribution is 2.33. The summed E-state index contributed by atoms with van der Waals surface area (Å²) in [6.45, 7) is 11.3. The van der Waals surface area contributed by atoms with Gasteiger partial charge in [0.1, 0.15) is 0 Å². The van der Waals surface area contributed by atoms with Gasteiger partial charge >= 0.3 is 0 Å². The second-order valence-electron chi connectivity index (χ2n) is 7.25. The Balaban J connectivity index is 2.14. The molecule has 150 valence electrons. The van der Waals surface area contributed by atoms with Gasteiger partial charge in [0.15, 0.2) is 0 Å². The summed E-state index contributed by atoms with van der Waals surface area (Å²) in [5.41, 5.74) is 7.50. The summed E-state index contributed by atoms with van der Waals surface area (Å²) in [4.78, 5) is 9.74. The minimum atomic E-state index is 0.194. The number of aryl methyl sites for hydroxylation is 3. The maximum Gasteiger partial charge on any atom is 0.213 e. The van der Waals surface area contributed by atoms with E-state index < -0.39 is 0 Å². The monoisotopic (exact) mass is 381 g/mol. The first-order valence-electron chi connectivity index (χ1n) is 10.3. The van der Waals surface area contributed by atoms with Gasteiger partial charge in [-0.05, 0) is 63.3 Å². The number of fused-ring (bicyclic) bond motifs is 1. The summed E-state index contributed by atoms with van der Waals surface area (Å²) >= 11 is 0. The van der Waals surface area contributed by atoms with Gasteiger partial charge in [0.25, 0.3) is 0 Å². The molecule has 28 heavy (non-hydrogen) atoms. The molecule has 0 saturated heterocycles. The Bertz CT molecular complexity index is 962. The second-order valence-corrected chi connectivity index (χ2v) is 7.25. The smallest absolute Gasteiger partial charge is 0.213 e. The fourth-order valence-corrected chi connectivity index (χ4v) is 3.88. The number of aliphatic hydroxyl groups excluding tert-OH is 1. The van der Waals surface area contributed by atoms with Crippen LogP contribution in [0.2, 0.25) is 0 Å². The SMILES string of the molecule is CCOc1ccc(-c2nc3c(C)cn([C@H](CC)CCO)c3cc2C)c(CC)n1. The molecule has 3 rings (SSSR count). The molecular weight excluding hydrogens is 350 g/mol. The maximum atomic E-state index is 9.43. The third-order valence-electron chi connectivity index (χ3n) is 5.34. The van der Waals surface area contributed by atoms with Crippen LogP contribution in [0.1, 0.15) is 56.5 Å². The van der Waals surface area contributed by atoms with Crippen LogP contribution in [0.5, 0.6) is 5.88 Å². The Kier molecular flexibility index (Phi) is 6.35. The molecule has 0 unspecified atom stereocenters. The van der Waals surface area contributed by atoms with Gasteiger partial charge in [-0.15, -0.1) is 0 Å². The van der Waals surface area contributed by atoms with Crippen molar-refractivity contribution in [3.05, 3.63) is 41.2 Å². The molecule has 0 spiro atoms. The van der Waals surface area contributed by atoms with Crippen LogP contribution in [-0.2, 0) is 6.42 Å². The number of rotatable bonds is 8. The Morgan fingerprint density at radius 2 is 1.89 bits per heavy atom. The lowest BCUT2D eigenvalue weighted by Gasteiger charge is -2.18. The third-order valence-corrected chi connectivity index (χ3v) is 5.34. The van der Waals surface area contributed by atoms with E-state index in [0.29, 0.717) is 12.5 Å². The minimum absolute atomic E-state index is 0.194. The molecule has 0 aliphatic carbocycles. The van der Waals surface area contributed by atoms with Crippen LogP contribution in [0, 0.1) is 13.8 Å². The first-order valence-corrected chi connectivity index (χ1v) is 10.3. The van der Waals surface area contributed by atoms with Crippen molar-refractivity contribution < 1.29 is 9.84 Å². The maximum absolute atomic E-state index is 9.43. The van der Waals surface area contributed by atoms with Crippen molar-refractivity contribution in [3.8, 4) is 17.1 Å². The number of hydrogen-bond acceptors (Lipinski definition) is 4. The van der Waals surface area contributed by atoms with Crippen molar-refractivity contribution in [1.29, 1.82) is 0 Å². The van der Waals surface area contributed by atoms with Crippen molar-refractivity contribution >= 4 is 11.0 Å². The molecule has 0 aliphatic heterocycles. The van der Waals surface area contributed by atoms with E-state index in [1.165, 1.54) is 0 Å². The molecule has 0 aliphatic rings. The van der Waals surface area contributed by atoms with Gasteiger partial charge in [0, 0.05) is 30.5 Å². The van der Waals surface area contributed by atoms with Gasteiger partial charge in [-0.3, -0.25) is 0 Å². The average molecular weight is 382 g/mol. The van der Waals surface area contributed by atoms with E-state index in [1.54, 1.807) is 0 Å². The van der Waals surface area contributed by atoms with Crippen molar-refractivity contribution in [2.24, 2.45) is 0 Å². The van der Waals surface area contributed by atoms with Crippen LogP contribution in [0.15, 0.2) is 24.4 Å². The number of aliphatic hydroxyl groups is 1. The van der Waals surface area contributed by atoms with Gasteiger partial charge in [-0.2, -0.15) is 0 Å². The molecule has 5 heteroatoms. The topological polar surface area (TPSA) is 60.2 Å². The highest BCUT2D eigenvalue weighted by atomic mass is 16.5. The van der Waals surface area contributed by atoms with E-state index in [9.17, 15) is 5.11 Å². The molecule has 0 radical (unpaired) electrons. The standard InChI is InChI=1S/C23H31N3O2/c1-6-17(11-12-27)26-14-16(5)23-20(26)13-15(4)22(25-23)18-9-10-21(28-8-3)24-19(18)7-2/h9-10,13-14,17,27H,6-8,11-12H2,1-5H3/t17-/m1/s1. The molecule has 0 aromatic carbocycles. The Labute approximate surface area is 167 Å². The quantitative estimate of drug-likeness (QED) is 0.596. The highest BCUT2D eigenvalue weighted by molar-refractivity contribution is 5.84. The third kappa shape index (κ3) is 3.76. The molecule has 1 atom stereocenters. The largest absolute Gasteiger partial charge is 0.478 e. The molecule has 0 fully saturated rings. The van der Waals surface area contributed by atoms with Crippen molar-refractivity contribution in [1.82, 2.24) is 14.5 Å². The zero-order chi connectivity index (χ0) is 20.3. The van der Waals surface area contributed by atoms with Crippen LogP contribution < -0.4 is 4.74 Å². The van der Waals surface area contributed by atoms with E-state index in [4.69, 9.17) is 9.72 Å². The van der Waals surface area contributed by atoms with Crippen molar-refractivity contribution in [3.63, 3.8) is 0 Å². The number of pyridine rings is 2. The first kappa shape index (κ1) is 20.3. The summed E-state index contributed by atoms with van der Waals surface area (Å²) < 4.78 is 7.85. The summed E-state index contributed by atoms with van der Waals surface area (Å²) in [6, 6.07) is 6.51. The van der Waals surface area contributed by atoms with E-state index in [1.807, 2.05) is 13.0 Å². The number of aromatic nitrogens is 3. The van der Waals surface area contributed by atoms with Gasteiger partial charge in [0.05, 0.1) is 29.0 Å². The molecule has 3 aromatic heterocycles. The van der Waals surface area contributed by atoms with Gasteiger partial charge < -0.3 is 14.4 Å². The lowest BCUT2D eigenvalue weighted by Crippen LogP contribution is -2.09. The molecule has 0 bridgehead atoms. The number of hydrogen-bond donors (Lipinski definition) is 1. The minimum Gasteiger partial charge on any atom is -0.478 e. The van der Waals surface area contributed by atoms with Crippen molar-refractivity contribution in [2.45, 2.75) is 59.9 Å². The van der Waals surface area contributed by atoms with Crippen LogP contribution in [0.25, 0.3) is 22.3 Å². The molecule has 5 nitrogen and oxygen atoms in total. The number of nitrogens with zero attached hydrogens (tertiary/aromatic N) is 3. The fourth-order valence-electron chi connectivity index (χ4n) is 3.88. The molecule has 1 N–H and O–H groups in total. The first-order chi connectivity index (χ1) is 13.5. The van der Waals surface area contributed by atoms with Crippen LogP contribution >= 0.6 is 0 Å². The Morgan fingerprint density at radius 1 is 1.11 bits per heavy atom. The van der Waals surface area contributed by atoms with Gasteiger partial charge in [0.2, 0.25) is 5.88 Å². The summed E-state index contributed by atoms with van der Waals surface area (Å²) in [6.07, 6.45) is 4.72. The predicted octanol–water partition coefficient (Wildman–Crippen LogP) is 5.01. The van der Waals surface area contributed by atoms with Gasteiger partial charge in [-0.1, -0.05) is 13.8 Å². The Hall–Kier alpha value is -2.40. The molecule has 3 aromatic rings. The number of ether oxygens (including phenoxy) is 1. The van der Waals surface area contributed by atoms with Crippen LogP contribution in [0.4, 0.5) is 0 Å². The molecular formula is C23H31N3O2. The molecule has 0 saturated carbocycles. The fraction of sp³-hybridized carbons (Fsp3) is 0.478. The van der Waals surface area contributed by atoms with E-state index in [0.717, 1.165) is 58.4 Å². The van der Waals surface area contributed by atoms with Crippen LogP contribution in [0.3, 0.4) is 0 Å². The Morgan fingerprint density at radius 3 is 2.54 bits per heavy atom. The zero-order valence-electron chi connectivity index (χ0n) is 17.6. The lowest BCUT2D eigenvalue weighted by atomic mass is 10.0. The molecule has 3 heterocycles. The predicted molar refractivity (Wildman–Crippen MR) is 114 cm³/mol. The van der Waals surface area contributed by atoms with Gasteiger partial charge in [-0.25, -0.2) is 9.97 Å². The average Bonchev–Trinajstić information content (AvgIpc) is 3.01. The van der Waals surface area contributed by atoms with Crippen LogP contribution in [-0.4, -0.2) is 32.9 Å². The second kappa shape index (κ2) is 8.74. The van der Waals surface area contributed by atoms with Crippen molar-refractivity contribution in [2.75, 3.05) is 13.2 Å². The highest BCUT2D eigenvalue weighted by Gasteiger charge is 2.18. The lowest BCUT2D eigenvalue weighted by molar-refractivity contribution is 0.256. The van der Waals surface area contributed by atoms with E-state index in [2.05, 4.69) is 55.6 Å². The normalized spacial score (nSPS) is 12.5. The summed E-state index contributed by atoms with van der Waals surface area (Å²) in [5.74, 6) is 0.666.